The predicted molar refractivity (Wildman–Crippen MR) is 80.3 cm³/mol. The Kier molecular flexibility index (Phi) is 5.40. The van der Waals surface area contributed by atoms with Gasteiger partial charge in [-0.3, -0.25) is 0 Å². The number of hydrogen-bond acceptors (Lipinski definition) is 2. The van der Waals surface area contributed by atoms with Gasteiger partial charge in [-0.25, -0.2) is 8.78 Å². The molecule has 20 heavy (non-hydrogen) atoms. The summed E-state index contributed by atoms with van der Waals surface area (Å²) in [6, 6.07) is 10.9. The molecule has 0 heterocycles. The van der Waals surface area contributed by atoms with Crippen molar-refractivity contribution in [3.8, 4) is 0 Å². The van der Waals surface area contributed by atoms with Crippen molar-refractivity contribution < 1.29 is 8.78 Å². The largest absolute Gasteiger partial charge is 0.312 e. The Morgan fingerprint density at radius 1 is 1.20 bits per heavy atom. The summed E-state index contributed by atoms with van der Waals surface area (Å²) >= 11 is 7.62. The Morgan fingerprint density at radius 3 is 2.60 bits per heavy atom. The summed E-state index contributed by atoms with van der Waals surface area (Å²) in [5.74, 6) is -0.507. The van der Waals surface area contributed by atoms with Crippen molar-refractivity contribution in [1.82, 2.24) is 5.32 Å². The maximum absolute atomic E-state index is 13.8. The van der Waals surface area contributed by atoms with E-state index in [0.29, 0.717) is 16.3 Å². The van der Waals surface area contributed by atoms with E-state index in [2.05, 4.69) is 5.32 Å². The van der Waals surface area contributed by atoms with E-state index < -0.39 is 11.6 Å². The topological polar surface area (TPSA) is 12.0 Å². The normalized spacial score (nSPS) is 12.4. The fraction of sp³-hybridized carbons (Fsp3) is 0.200. The van der Waals surface area contributed by atoms with Gasteiger partial charge in [-0.05, 0) is 25.2 Å². The van der Waals surface area contributed by atoms with Crippen molar-refractivity contribution in [3.05, 3.63) is 64.7 Å². The van der Waals surface area contributed by atoms with Crippen molar-refractivity contribution in [2.45, 2.75) is 10.9 Å². The van der Waals surface area contributed by atoms with Crippen LogP contribution in [0.5, 0.6) is 0 Å². The van der Waals surface area contributed by atoms with Crippen LogP contribution in [0.1, 0.15) is 11.6 Å². The van der Waals surface area contributed by atoms with Crippen LogP contribution in [0, 0.1) is 11.6 Å². The molecule has 1 atom stereocenters. The van der Waals surface area contributed by atoms with Crippen LogP contribution < -0.4 is 5.32 Å². The van der Waals surface area contributed by atoms with Crippen LogP contribution in [-0.4, -0.2) is 12.8 Å². The van der Waals surface area contributed by atoms with Crippen LogP contribution >= 0.6 is 23.4 Å². The highest BCUT2D eigenvalue weighted by atomic mass is 35.5. The summed E-state index contributed by atoms with van der Waals surface area (Å²) < 4.78 is 26.7. The summed E-state index contributed by atoms with van der Waals surface area (Å²) in [7, 11) is 1.75. The van der Waals surface area contributed by atoms with Crippen molar-refractivity contribution in [3.63, 3.8) is 0 Å². The second kappa shape index (κ2) is 7.07. The molecule has 0 aromatic heterocycles. The molecule has 0 fully saturated rings. The molecule has 0 spiro atoms. The second-order valence-corrected chi connectivity index (χ2v) is 5.72. The Hall–Kier alpha value is -1.10. The quantitative estimate of drug-likeness (QED) is 0.805. The minimum Gasteiger partial charge on any atom is -0.312 e. The molecular formula is C15H14ClF2NS. The minimum absolute atomic E-state index is 0.211. The van der Waals surface area contributed by atoms with E-state index in [9.17, 15) is 8.78 Å². The molecule has 1 N–H and O–H groups in total. The number of halogens is 3. The van der Waals surface area contributed by atoms with Crippen LogP contribution in [0.25, 0.3) is 0 Å². The molecule has 106 valence electrons. The van der Waals surface area contributed by atoms with Crippen LogP contribution in [0.4, 0.5) is 8.78 Å². The SMILES string of the molecule is CNC(CSc1ccccc1Cl)c1ccc(F)cc1F. The first kappa shape index (κ1) is 15.3. The van der Waals surface area contributed by atoms with Crippen molar-refractivity contribution >= 4 is 23.4 Å². The summed E-state index contributed by atoms with van der Waals surface area (Å²) in [6.45, 7) is 0. The Bertz CT molecular complexity index is 592. The number of hydrogen-bond donors (Lipinski definition) is 1. The van der Waals surface area contributed by atoms with Crippen molar-refractivity contribution in [1.29, 1.82) is 0 Å². The molecule has 2 rings (SSSR count). The molecule has 0 bridgehead atoms. The maximum atomic E-state index is 13.8. The molecule has 0 aliphatic rings. The highest BCUT2D eigenvalue weighted by Gasteiger charge is 2.15. The van der Waals surface area contributed by atoms with Gasteiger partial charge < -0.3 is 5.32 Å². The van der Waals surface area contributed by atoms with Gasteiger partial charge in [-0.1, -0.05) is 29.8 Å². The van der Waals surface area contributed by atoms with Gasteiger partial charge >= 0.3 is 0 Å². The molecule has 1 nitrogen and oxygen atoms in total. The Labute approximate surface area is 126 Å². The van der Waals surface area contributed by atoms with Gasteiger partial charge in [0.05, 0.1) is 5.02 Å². The summed E-state index contributed by atoms with van der Waals surface area (Å²) in [5.41, 5.74) is 0.452. The van der Waals surface area contributed by atoms with Crippen LogP contribution in [0.2, 0.25) is 5.02 Å². The lowest BCUT2D eigenvalue weighted by Crippen LogP contribution is -2.20. The zero-order chi connectivity index (χ0) is 14.5. The smallest absolute Gasteiger partial charge is 0.130 e. The lowest BCUT2D eigenvalue weighted by atomic mass is 10.1. The first-order chi connectivity index (χ1) is 9.61. The van der Waals surface area contributed by atoms with E-state index >= 15 is 0 Å². The fourth-order valence-electron chi connectivity index (χ4n) is 1.85. The van der Waals surface area contributed by atoms with Gasteiger partial charge in [-0.2, -0.15) is 0 Å². The first-order valence-electron chi connectivity index (χ1n) is 6.11. The second-order valence-electron chi connectivity index (χ2n) is 4.25. The average Bonchev–Trinajstić information content (AvgIpc) is 2.43. The first-order valence-corrected chi connectivity index (χ1v) is 7.47. The zero-order valence-electron chi connectivity index (χ0n) is 10.9. The monoisotopic (exact) mass is 313 g/mol. The van der Waals surface area contributed by atoms with Crippen LogP contribution in [-0.2, 0) is 0 Å². The average molecular weight is 314 g/mol. The van der Waals surface area contributed by atoms with E-state index in [1.807, 2.05) is 24.3 Å². The molecule has 5 heteroatoms. The third-order valence-electron chi connectivity index (χ3n) is 2.93. The molecule has 0 saturated carbocycles. The standard InChI is InChI=1S/C15H14ClF2NS/c1-19-14(11-7-6-10(17)8-13(11)18)9-20-15-5-3-2-4-12(15)16/h2-8,14,19H,9H2,1H3. The Balaban J connectivity index is 2.11. The van der Waals surface area contributed by atoms with E-state index in [4.69, 9.17) is 11.6 Å². The third-order valence-corrected chi connectivity index (χ3v) is 4.54. The van der Waals surface area contributed by atoms with Crippen molar-refractivity contribution in [2.75, 3.05) is 12.8 Å². The summed E-state index contributed by atoms with van der Waals surface area (Å²) in [6.07, 6.45) is 0. The van der Waals surface area contributed by atoms with E-state index in [1.54, 1.807) is 7.05 Å². The molecule has 0 aliphatic carbocycles. The lowest BCUT2D eigenvalue weighted by molar-refractivity contribution is 0.545. The number of thioether (sulfide) groups is 1. The lowest BCUT2D eigenvalue weighted by Gasteiger charge is -2.17. The van der Waals surface area contributed by atoms with E-state index in [1.165, 1.54) is 23.9 Å². The number of rotatable bonds is 5. The fourth-order valence-corrected chi connectivity index (χ4v) is 3.22. The molecule has 1 unspecified atom stereocenters. The highest BCUT2D eigenvalue weighted by molar-refractivity contribution is 7.99. The number of nitrogens with one attached hydrogen (secondary N) is 1. The van der Waals surface area contributed by atoms with Gasteiger partial charge in [0.15, 0.2) is 0 Å². The van der Waals surface area contributed by atoms with Gasteiger partial charge in [0.25, 0.3) is 0 Å². The summed E-state index contributed by atoms with van der Waals surface area (Å²) in [5, 5.41) is 3.72. The van der Waals surface area contributed by atoms with Gasteiger partial charge in [0.2, 0.25) is 0 Å². The third kappa shape index (κ3) is 3.72. The van der Waals surface area contributed by atoms with Gasteiger partial charge in [0, 0.05) is 28.3 Å². The molecule has 2 aromatic carbocycles. The molecule has 2 aromatic rings. The Morgan fingerprint density at radius 2 is 1.95 bits per heavy atom. The predicted octanol–water partition coefficient (Wildman–Crippen LogP) is 4.67. The maximum Gasteiger partial charge on any atom is 0.130 e. The minimum atomic E-state index is -0.570. The molecular weight excluding hydrogens is 300 g/mol. The molecule has 0 radical (unpaired) electrons. The molecule has 0 saturated heterocycles. The zero-order valence-corrected chi connectivity index (χ0v) is 12.4. The van der Waals surface area contributed by atoms with E-state index in [-0.39, 0.29) is 6.04 Å². The van der Waals surface area contributed by atoms with Gasteiger partial charge in [0.1, 0.15) is 11.6 Å². The highest BCUT2D eigenvalue weighted by Crippen LogP contribution is 2.30. The number of benzene rings is 2. The molecule has 0 amide bonds. The van der Waals surface area contributed by atoms with Crippen LogP contribution in [0.3, 0.4) is 0 Å². The molecule has 0 aliphatic heterocycles. The van der Waals surface area contributed by atoms with Gasteiger partial charge in [-0.15, -0.1) is 11.8 Å². The van der Waals surface area contributed by atoms with Crippen LogP contribution in [0.15, 0.2) is 47.4 Å². The van der Waals surface area contributed by atoms with Crippen molar-refractivity contribution in [2.24, 2.45) is 0 Å². The van der Waals surface area contributed by atoms with E-state index in [0.717, 1.165) is 11.0 Å². The summed E-state index contributed by atoms with van der Waals surface area (Å²) in [4.78, 5) is 0.942.